The van der Waals surface area contributed by atoms with Crippen LogP contribution in [0.25, 0.3) is 0 Å². The van der Waals surface area contributed by atoms with Crippen LogP contribution in [0.5, 0.6) is 0 Å². The lowest BCUT2D eigenvalue weighted by atomic mass is 9.98. The number of aliphatic hydroxyl groups excluding tert-OH is 1. The molecule has 6 heteroatoms. The second-order valence-electron chi connectivity index (χ2n) is 6.40. The van der Waals surface area contributed by atoms with E-state index in [-0.39, 0.29) is 0 Å². The van der Waals surface area contributed by atoms with Gasteiger partial charge in [-0.15, -0.1) is 0 Å². The third-order valence-corrected chi connectivity index (χ3v) is 4.49. The molecule has 1 saturated heterocycles. The van der Waals surface area contributed by atoms with Gasteiger partial charge in [-0.2, -0.15) is 5.48 Å². The molecule has 2 aromatic rings. The summed E-state index contributed by atoms with van der Waals surface area (Å²) in [6, 6.07) is 19.4. The van der Waals surface area contributed by atoms with Gasteiger partial charge in [-0.05, 0) is 18.1 Å². The van der Waals surface area contributed by atoms with E-state index in [1.807, 2.05) is 60.7 Å². The quantitative estimate of drug-likeness (QED) is 0.658. The molecule has 1 aliphatic heterocycles. The van der Waals surface area contributed by atoms with E-state index < -0.39 is 30.6 Å². The summed E-state index contributed by atoms with van der Waals surface area (Å²) in [5, 5.41) is 20.2. The molecular weight excluding hydrogens is 334 g/mol. The van der Waals surface area contributed by atoms with Gasteiger partial charge in [-0.3, -0.25) is 0 Å². The van der Waals surface area contributed by atoms with Crippen LogP contribution in [-0.2, 0) is 27.4 Å². The second-order valence-corrected chi connectivity index (χ2v) is 6.40. The van der Waals surface area contributed by atoms with Gasteiger partial charge in [0.25, 0.3) is 0 Å². The van der Waals surface area contributed by atoms with Gasteiger partial charge in [0.1, 0.15) is 18.3 Å². The van der Waals surface area contributed by atoms with Crippen molar-refractivity contribution >= 4 is 0 Å². The Morgan fingerprint density at radius 1 is 0.885 bits per heavy atom. The lowest BCUT2D eigenvalue weighted by molar-refractivity contribution is -0.270. The number of hydroxylamine groups is 1. The average Bonchev–Trinajstić information content (AvgIpc) is 2.68. The molecule has 3 N–H and O–H groups in total. The Hall–Kier alpha value is -1.80. The summed E-state index contributed by atoms with van der Waals surface area (Å²) >= 11 is 0. The molecule has 0 spiro atoms. The highest BCUT2D eigenvalue weighted by Crippen LogP contribution is 2.26. The number of aliphatic hydroxyl groups is 1. The summed E-state index contributed by atoms with van der Waals surface area (Å²) < 4.78 is 17.5. The molecule has 0 bridgehead atoms. The molecule has 1 aliphatic rings. The Morgan fingerprint density at radius 2 is 1.38 bits per heavy atom. The van der Waals surface area contributed by atoms with Gasteiger partial charge < -0.3 is 24.5 Å². The Morgan fingerprint density at radius 3 is 1.88 bits per heavy atom. The molecular formula is C20H25NO5. The highest BCUT2D eigenvalue weighted by molar-refractivity contribution is 5.14. The van der Waals surface area contributed by atoms with E-state index in [1.54, 1.807) is 6.92 Å². The molecule has 5 unspecified atom stereocenters. The number of rotatable bonds is 7. The fourth-order valence-electron chi connectivity index (χ4n) is 3.09. The van der Waals surface area contributed by atoms with Crippen molar-refractivity contribution in [1.29, 1.82) is 0 Å². The molecule has 1 heterocycles. The zero-order valence-electron chi connectivity index (χ0n) is 14.7. The topological polar surface area (TPSA) is 80.2 Å². The van der Waals surface area contributed by atoms with Crippen LogP contribution in [0.1, 0.15) is 18.1 Å². The van der Waals surface area contributed by atoms with Crippen LogP contribution in [0.2, 0.25) is 0 Å². The number of ether oxygens (including phenoxy) is 3. The third kappa shape index (κ3) is 4.67. The van der Waals surface area contributed by atoms with Crippen LogP contribution >= 0.6 is 0 Å². The van der Waals surface area contributed by atoms with Gasteiger partial charge in [0, 0.05) is 0 Å². The molecule has 1 fully saturated rings. The van der Waals surface area contributed by atoms with Gasteiger partial charge >= 0.3 is 0 Å². The fourth-order valence-corrected chi connectivity index (χ4v) is 3.09. The Kier molecular flexibility index (Phi) is 6.73. The SMILES string of the molecule is CC1OC(NO)C(OCc2ccccc2)C(O)C1OCc1ccccc1. The Labute approximate surface area is 153 Å². The Balaban J connectivity index is 1.64. The first-order valence-corrected chi connectivity index (χ1v) is 8.73. The van der Waals surface area contributed by atoms with Gasteiger partial charge in [-0.25, -0.2) is 0 Å². The third-order valence-electron chi connectivity index (χ3n) is 4.49. The zero-order valence-corrected chi connectivity index (χ0v) is 14.7. The van der Waals surface area contributed by atoms with Crippen LogP contribution in [0.15, 0.2) is 60.7 Å². The van der Waals surface area contributed by atoms with E-state index in [2.05, 4.69) is 5.48 Å². The van der Waals surface area contributed by atoms with Crippen LogP contribution < -0.4 is 5.48 Å². The molecule has 140 valence electrons. The first-order chi connectivity index (χ1) is 12.7. The summed E-state index contributed by atoms with van der Waals surface area (Å²) in [5.41, 5.74) is 4.06. The number of hydrogen-bond acceptors (Lipinski definition) is 6. The lowest BCUT2D eigenvalue weighted by Gasteiger charge is -2.42. The standard InChI is InChI=1S/C20H25NO5/c1-14-18(24-12-15-8-4-2-5-9-15)17(22)19(20(21-23)26-14)25-13-16-10-6-3-7-11-16/h2-11,14,17-23H,12-13H2,1H3. The monoisotopic (exact) mass is 359 g/mol. The van der Waals surface area contributed by atoms with E-state index >= 15 is 0 Å². The highest BCUT2D eigenvalue weighted by Gasteiger charge is 2.44. The normalized spacial score (nSPS) is 28.8. The maximum Gasteiger partial charge on any atom is 0.159 e. The summed E-state index contributed by atoms with van der Waals surface area (Å²) in [5.74, 6) is 0. The van der Waals surface area contributed by atoms with E-state index in [0.717, 1.165) is 11.1 Å². The molecule has 0 radical (unpaired) electrons. The summed E-state index contributed by atoms with van der Waals surface area (Å²) in [4.78, 5) is 0. The molecule has 0 aromatic heterocycles. The predicted octanol–water partition coefficient (Wildman–Crippen LogP) is 2.24. The minimum atomic E-state index is -0.948. The first-order valence-electron chi connectivity index (χ1n) is 8.73. The van der Waals surface area contributed by atoms with Crippen molar-refractivity contribution in [2.24, 2.45) is 0 Å². The Bertz CT molecular complexity index is 654. The van der Waals surface area contributed by atoms with Crippen molar-refractivity contribution in [1.82, 2.24) is 5.48 Å². The van der Waals surface area contributed by atoms with Gasteiger partial charge in [0.15, 0.2) is 6.23 Å². The van der Waals surface area contributed by atoms with Gasteiger partial charge in [0.05, 0.1) is 19.3 Å². The van der Waals surface area contributed by atoms with Crippen molar-refractivity contribution in [3.05, 3.63) is 71.8 Å². The van der Waals surface area contributed by atoms with Crippen molar-refractivity contribution in [2.75, 3.05) is 0 Å². The zero-order chi connectivity index (χ0) is 18.4. The number of hydrogen-bond donors (Lipinski definition) is 3. The molecule has 0 amide bonds. The molecule has 0 saturated carbocycles. The molecule has 6 nitrogen and oxygen atoms in total. The molecule has 2 aromatic carbocycles. The maximum atomic E-state index is 10.8. The summed E-state index contributed by atoms with van der Waals surface area (Å²) in [6.07, 6.45) is -3.52. The maximum absolute atomic E-state index is 10.8. The minimum absolute atomic E-state index is 0.296. The second kappa shape index (κ2) is 9.23. The van der Waals surface area contributed by atoms with E-state index in [4.69, 9.17) is 14.2 Å². The minimum Gasteiger partial charge on any atom is -0.387 e. The van der Waals surface area contributed by atoms with Crippen molar-refractivity contribution < 1.29 is 24.5 Å². The van der Waals surface area contributed by atoms with Gasteiger partial charge in [-0.1, -0.05) is 60.7 Å². The highest BCUT2D eigenvalue weighted by atomic mass is 16.6. The van der Waals surface area contributed by atoms with E-state index in [1.165, 1.54) is 0 Å². The molecule has 5 atom stereocenters. The van der Waals surface area contributed by atoms with E-state index in [0.29, 0.717) is 13.2 Å². The summed E-state index contributed by atoms with van der Waals surface area (Å²) in [6.45, 7) is 2.46. The lowest BCUT2D eigenvalue weighted by Crippen LogP contribution is -2.61. The molecule has 26 heavy (non-hydrogen) atoms. The summed E-state index contributed by atoms with van der Waals surface area (Å²) in [7, 11) is 0. The van der Waals surface area contributed by atoms with Crippen molar-refractivity contribution in [3.8, 4) is 0 Å². The van der Waals surface area contributed by atoms with Crippen LogP contribution in [0.3, 0.4) is 0 Å². The smallest absolute Gasteiger partial charge is 0.159 e. The largest absolute Gasteiger partial charge is 0.387 e. The average molecular weight is 359 g/mol. The fraction of sp³-hybridized carbons (Fsp3) is 0.400. The van der Waals surface area contributed by atoms with Crippen molar-refractivity contribution in [2.45, 2.75) is 50.8 Å². The van der Waals surface area contributed by atoms with Crippen LogP contribution in [-0.4, -0.2) is 41.0 Å². The first kappa shape index (κ1) is 19.0. The van der Waals surface area contributed by atoms with Crippen molar-refractivity contribution in [3.63, 3.8) is 0 Å². The number of benzene rings is 2. The number of nitrogens with one attached hydrogen (secondary N) is 1. The molecule has 0 aliphatic carbocycles. The van der Waals surface area contributed by atoms with Gasteiger partial charge in [0.2, 0.25) is 0 Å². The molecule has 3 rings (SSSR count). The van der Waals surface area contributed by atoms with Crippen LogP contribution in [0.4, 0.5) is 0 Å². The predicted molar refractivity (Wildman–Crippen MR) is 95.3 cm³/mol. The van der Waals surface area contributed by atoms with E-state index in [9.17, 15) is 10.3 Å². The van der Waals surface area contributed by atoms with Crippen LogP contribution in [0, 0.1) is 0 Å².